The summed E-state index contributed by atoms with van der Waals surface area (Å²) in [5.41, 5.74) is 3.22. The van der Waals surface area contributed by atoms with Gasteiger partial charge in [-0.25, -0.2) is 0 Å². The topological polar surface area (TPSA) is 88.4 Å². The maximum absolute atomic E-state index is 12.3. The second-order valence-corrected chi connectivity index (χ2v) is 7.56. The van der Waals surface area contributed by atoms with Gasteiger partial charge < -0.3 is 20.5 Å². The number of carbonyl (C=O) groups is 1. The molecule has 31 heavy (non-hydrogen) atoms. The third kappa shape index (κ3) is 5.06. The monoisotopic (exact) mass is 436 g/mol. The molecule has 3 aromatic rings. The van der Waals surface area contributed by atoms with Crippen molar-refractivity contribution in [2.24, 2.45) is 7.05 Å². The third-order valence-electron chi connectivity index (χ3n) is 4.77. The number of amides is 1. The Kier molecular flexibility index (Phi) is 6.23. The molecule has 1 fully saturated rings. The van der Waals surface area contributed by atoms with Gasteiger partial charge in [-0.15, -0.1) is 0 Å². The zero-order valence-electron chi connectivity index (χ0n) is 16.9. The van der Waals surface area contributed by atoms with Gasteiger partial charge in [0.2, 0.25) is 5.91 Å². The van der Waals surface area contributed by atoms with Gasteiger partial charge >= 0.3 is 0 Å². The molecule has 7 nitrogen and oxygen atoms in total. The summed E-state index contributed by atoms with van der Waals surface area (Å²) in [6, 6.07) is 11.7. The van der Waals surface area contributed by atoms with E-state index in [0.717, 1.165) is 5.56 Å². The number of aryl methyl sites for hydroxylation is 1. The van der Waals surface area contributed by atoms with Crippen LogP contribution in [0.25, 0.3) is 11.3 Å². The van der Waals surface area contributed by atoms with Gasteiger partial charge in [-0.05, 0) is 42.5 Å². The third-order valence-corrected chi connectivity index (χ3v) is 5.01. The van der Waals surface area contributed by atoms with Crippen LogP contribution in [0.15, 0.2) is 48.7 Å². The molecule has 0 saturated carbocycles. The van der Waals surface area contributed by atoms with Crippen LogP contribution < -0.4 is 10.6 Å². The van der Waals surface area contributed by atoms with E-state index < -0.39 is 0 Å². The molecular formula is C23H21ClN4O3. The van der Waals surface area contributed by atoms with Crippen molar-refractivity contribution in [3.8, 4) is 28.8 Å². The maximum Gasteiger partial charge on any atom is 0.243 e. The van der Waals surface area contributed by atoms with Gasteiger partial charge in [-0.3, -0.25) is 9.48 Å². The van der Waals surface area contributed by atoms with E-state index in [1.807, 2.05) is 12.1 Å². The highest BCUT2D eigenvalue weighted by Crippen LogP contribution is 2.32. The van der Waals surface area contributed by atoms with E-state index in [0.29, 0.717) is 47.3 Å². The summed E-state index contributed by atoms with van der Waals surface area (Å²) in [7, 11) is 1.79. The smallest absolute Gasteiger partial charge is 0.243 e. The zero-order chi connectivity index (χ0) is 21.8. The fourth-order valence-electron chi connectivity index (χ4n) is 3.22. The summed E-state index contributed by atoms with van der Waals surface area (Å²) in [4.78, 5) is 12.3. The van der Waals surface area contributed by atoms with Crippen LogP contribution in [0.4, 0.5) is 5.69 Å². The van der Waals surface area contributed by atoms with Crippen LogP contribution in [0.1, 0.15) is 11.1 Å². The number of ether oxygens (including phenoxy) is 1. The van der Waals surface area contributed by atoms with Crippen molar-refractivity contribution in [1.29, 1.82) is 0 Å². The first-order valence-corrected chi connectivity index (χ1v) is 10.1. The molecule has 1 atom stereocenters. The second kappa shape index (κ2) is 9.23. The highest BCUT2D eigenvalue weighted by molar-refractivity contribution is 6.31. The number of benzene rings is 2. The predicted octanol–water partition coefficient (Wildman–Crippen LogP) is 2.77. The van der Waals surface area contributed by atoms with Gasteiger partial charge in [0.25, 0.3) is 0 Å². The quantitative estimate of drug-likeness (QED) is 0.549. The standard InChI is InChI=1S/C23H21ClN4O3/c1-28-13-16(22(27-28)19-12-17(24)6-9-21(19)29)5-2-15-3-7-18(8-4-15)26-23(30)20-14-31-11-10-25-20/h3-4,6-9,12-13,20,25,29H,10-11,14H2,1H3,(H,26,30)/t20-/m0/s1. The zero-order valence-corrected chi connectivity index (χ0v) is 17.6. The Bertz CT molecular complexity index is 1160. The molecule has 4 rings (SSSR count). The molecule has 1 saturated heterocycles. The van der Waals surface area contributed by atoms with Crippen molar-refractivity contribution >= 4 is 23.2 Å². The first-order chi connectivity index (χ1) is 15.0. The largest absolute Gasteiger partial charge is 0.507 e. The molecule has 0 radical (unpaired) electrons. The summed E-state index contributed by atoms with van der Waals surface area (Å²) >= 11 is 6.08. The lowest BCUT2D eigenvalue weighted by Crippen LogP contribution is -2.48. The van der Waals surface area contributed by atoms with Crippen LogP contribution >= 0.6 is 11.6 Å². The number of carbonyl (C=O) groups excluding carboxylic acids is 1. The summed E-state index contributed by atoms with van der Waals surface area (Å²) in [5, 5.41) is 21.1. The molecule has 0 bridgehead atoms. The van der Waals surface area contributed by atoms with Gasteiger partial charge in [-0.2, -0.15) is 5.10 Å². The average molecular weight is 437 g/mol. The molecule has 1 aromatic heterocycles. The lowest BCUT2D eigenvalue weighted by Gasteiger charge is -2.22. The maximum atomic E-state index is 12.3. The summed E-state index contributed by atoms with van der Waals surface area (Å²) < 4.78 is 6.96. The molecule has 1 amide bonds. The van der Waals surface area contributed by atoms with Gasteiger partial charge in [0.05, 0.1) is 18.8 Å². The number of nitrogens with zero attached hydrogens (tertiary/aromatic N) is 2. The number of morpholine rings is 1. The number of aromatic nitrogens is 2. The Morgan fingerprint density at radius 2 is 2.10 bits per heavy atom. The molecule has 1 aliphatic heterocycles. The summed E-state index contributed by atoms with van der Waals surface area (Å²) in [6.45, 7) is 1.65. The Labute approximate surface area is 185 Å². The average Bonchev–Trinajstić information content (AvgIpc) is 3.15. The number of rotatable bonds is 3. The minimum atomic E-state index is -0.347. The second-order valence-electron chi connectivity index (χ2n) is 7.12. The Hall–Kier alpha value is -3.31. The van der Waals surface area contributed by atoms with Crippen LogP contribution in [0.5, 0.6) is 5.75 Å². The molecule has 2 heterocycles. The van der Waals surface area contributed by atoms with Crippen molar-refractivity contribution in [3.05, 3.63) is 64.8 Å². The minimum absolute atomic E-state index is 0.0871. The van der Waals surface area contributed by atoms with Crippen LogP contribution in [0.2, 0.25) is 5.02 Å². The van der Waals surface area contributed by atoms with E-state index in [1.54, 1.807) is 42.2 Å². The Balaban J connectivity index is 1.51. The van der Waals surface area contributed by atoms with E-state index in [1.165, 1.54) is 6.07 Å². The van der Waals surface area contributed by atoms with Crippen molar-refractivity contribution in [2.45, 2.75) is 6.04 Å². The number of phenolic OH excluding ortho intramolecular Hbond substituents is 1. The fourth-order valence-corrected chi connectivity index (χ4v) is 3.39. The molecule has 0 unspecified atom stereocenters. The molecule has 0 spiro atoms. The Morgan fingerprint density at radius 3 is 2.84 bits per heavy atom. The summed E-state index contributed by atoms with van der Waals surface area (Å²) in [6.07, 6.45) is 1.79. The van der Waals surface area contributed by atoms with Gasteiger partial charge in [-0.1, -0.05) is 23.4 Å². The van der Waals surface area contributed by atoms with E-state index >= 15 is 0 Å². The molecule has 2 aromatic carbocycles. The molecule has 8 heteroatoms. The number of nitrogens with one attached hydrogen (secondary N) is 2. The number of phenols is 1. The lowest BCUT2D eigenvalue weighted by atomic mass is 10.1. The number of hydrogen-bond acceptors (Lipinski definition) is 5. The molecule has 1 aliphatic rings. The number of hydrogen-bond donors (Lipinski definition) is 3. The van der Waals surface area contributed by atoms with Crippen LogP contribution in [0, 0.1) is 11.8 Å². The van der Waals surface area contributed by atoms with Crippen molar-refractivity contribution in [3.63, 3.8) is 0 Å². The fraction of sp³-hybridized carbons (Fsp3) is 0.217. The lowest BCUT2D eigenvalue weighted by molar-refractivity contribution is -0.120. The molecular weight excluding hydrogens is 416 g/mol. The SMILES string of the molecule is Cn1cc(C#Cc2ccc(NC(=O)[C@@H]3COCCN3)cc2)c(-c2cc(Cl)ccc2O)n1. The normalized spacial score (nSPS) is 15.7. The minimum Gasteiger partial charge on any atom is -0.507 e. The molecule has 3 N–H and O–H groups in total. The predicted molar refractivity (Wildman–Crippen MR) is 119 cm³/mol. The van der Waals surface area contributed by atoms with Gasteiger partial charge in [0, 0.05) is 41.6 Å². The van der Waals surface area contributed by atoms with Gasteiger partial charge in [0.15, 0.2) is 0 Å². The Morgan fingerprint density at radius 1 is 1.29 bits per heavy atom. The van der Waals surface area contributed by atoms with Crippen LogP contribution in [-0.2, 0) is 16.6 Å². The number of aromatic hydroxyl groups is 1. The van der Waals surface area contributed by atoms with E-state index in [4.69, 9.17) is 16.3 Å². The number of halogens is 1. The van der Waals surface area contributed by atoms with Crippen LogP contribution in [0.3, 0.4) is 0 Å². The first-order valence-electron chi connectivity index (χ1n) is 9.76. The van der Waals surface area contributed by atoms with Crippen LogP contribution in [-0.4, -0.2) is 46.6 Å². The van der Waals surface area contributed by atoms with E-state index in [9.17, 15) is 9.90 Å². The van der Waals surface area contributed by atoms with E-state index in [2.05, 4.69) is 27.6 Å². The van der Waals surface area contributed by atoms with Crippen molar-refractivity contribution < 1.29 is 14.6 Å². The summed E-state index contributed by atoms with van der Waals surface area (Å²) in [5.74, 6) is 6.17. The highest BCUT2D eigenvalue weighted by atomic mass is 35.5. The highest BCUT2D eigenvalue weighted by Gasteiger charge is 2.21. The number of anilines is 1. The van der Waals surface area contributed by atoms with E-state index in [-0.39, 0.29) is 17.7 Å². The van der Waals surface area contributed by atoms with Crippen molar-refractivity contribution in [2.75, 3.05) is 25.1 Å². The van der Waals surface area contributed by atoms with Crippen molar-refractivity contribution in [1.82, 2.24) is 15.1 Å². The molecule has 0 aliphatic carbocycles. The first kappa shape index (κ1) is 20.9. The molecule has 158 valence electrons. The van der Waals surface area contributed by atoms with Gasteiger partial charge in [0.1, 0.15) is 17.5 Å².